The lowest BCUT2D eigenvalue weighted by molar-refractivity contribution is -0.142. The van der Waals surface area contributed by atoms with Gasteiger partial charge in [0.2, 0.25) is 5.91 Å². The molecule has 2 aliphatic carbocycles. The summed E-state index contributed by atoms with van der Waals surface area (Å²) in [7, 11) is -2.97. The van der Waals surface area contributed by atoms with E-state index in [1.165, 1.54) is 6.26 Å². The second-order valence-electron chi connectivity index (χ2n) is 9.93. The van der Waals surface area contributed by atoms with E-state index in [-0.39, 0.29) is 41.5 Å². The Hall–Kier alpha value is -1.31. The second-order valence-corrected chi connectivity index (χ2v) is 12.3. The normalized spacial score (nSPS) is 35.1. The number of hydrogen-bond donors (Lipinski definition) is 0. The Labute approximate surface area is 181 Å². The highest BCUT2D eigenvalue weighted by Gasteiger charge is 2.48. The van der Waals surface area contributed by atoms with Gasteiger partial charge in [-0.1, -0.05) is 0 Å². The number of rotatable bonds is 3. The van der Waals surface area contributed by atoms with E-state index in [2.05, 4.69) is 0 Å². The Morgan fingerprint density at radius 2 is 1.57 bits per heavy atom. The van der Waals surface area contributed by atoms with Gasteiger partial charge in [0.1, 0.15) is 9.84 Å². The van der Waals surface area contributed by atoms with Gasteiger partial charge in [0.15, 0.2) is 0 Å². The molecule has 0 spiro atoms. The average Bonchev–Trinajstić information content (AvgIpc) is 2.65. The molecular formula is C22H38N2O5S. The van der Waals surface area contributed by atoms with E-state index in [0.717, 1.165) is 44.9 Å². The average molecular weight is 443 g/mol. The zero-order chi connectivity index (χ0) is 22.2. The fraction of sp³-hybridized carbons (Fsp3) is 0.909. The summed E-state index contributed by atoms with van der Waals surface area (Å²) in [6.45, 7) is 7.84. The van der Waals surface area contributed by atoms with E-state index in [1.807, 2.05) is 30.6 Å². The van der Waals surface area contributed by atoms with Crippen LogP contribution in [0.25, 0.3) is 0 Å². The molecule has 4 atom stereocenters. The number of carbonyl (C=O) groups is 2. The van der Waals surface area contributed by atoms with Crippen LogP contribution < -0.4 is 0 Å². The van der Waals surface area contributed by atoms with Gasteiger partial charge in [0.25, 0.3) is 0 Å². The van der Waals surface area contributed by atoms with Crippen molar-refractivity contribution < 1.29 is 22.7 Å². The van der Waals surface area contributed by atoms with Crippen molar-refractivity contribution >= 4 is 21.8 Å². The fourth-order valence-corrected chi connectivity index (χ4v) is 7.22. The van der Waals surface area contributed by atoms with Crippen LogP contribution in [0.2, 0.25) is 0 Å². The Kier molecular flexibility index (Phi) is 7.04. The van der Waals surface area contributed by atoms with Crippen LogP contribution in [0.1, 0.15) is 72.6 Å². The lowest BCUT2D eigenvalue weighted by Gasteiger charge is -2.54. The van der Waals surface area contributed by atoms with Crippen molar-refractivity contribution in [3.63, 3.8) is 0 Å². The van der Waals surface area contributed by atoms with Crippen molar-refractivity contribution in [3.05, 3.63) is 0 Å². The molecule has 0 N–H and O–H groups in total. The first-order valence-corrected chi connectivity index (χ1v) is 13.4. The van der Waals surface area contributed by atoms with E-state index in [4.69, 9.17) is 4.74 Å². The van der Waals surface area contributed by atoms with Gasteiger partial charge < -0.3 is 14.5 Å². The summed E-state index contributed by atoms with van der Waals surface area (Å²) in [6.07, 6.45) is 7.01. The summed E-state index contributed by atoms with van der Waals surface area (Å²) in [5, 5.41) is -0.202. The number of carbonyl (C=O) groups excluding carboxylic acids is 2. The molecule has 8 heteroatoms. The highest BCUT2D eigenvalue weighted by molar-refractivity contribution is 7.91. The van der Waals surface area contributed by atoms with Crippen molar-refractivity contribution in [3.8, 4) is 0 Å². The first kappa shape index (κ1) is 23.4. The molecule has 30 heavy (non-hydrogen) atoms. The maximum atomic E-state index is 12.9. The molecular weight excluding hydrogens is 404 g/mol. The van der Waals surface area contributed by atoms with Crippen LogP contribution in [-0.4, -0.2) is 72.5 Å². The first-order valence-electron chi connectivity index (χ1n) is 11.4. The molecule has 0 bridgehead atoms. The van der Waals surface area contributed by atoms with Gasteiger partial charge in [-0.05, 0) is 77.6 Å². The SMILES string of the molecule is CC(=O)N1C2CCC(C3CCC(S(C)(=O)=O)CC3)CC2N(C(=O)OC(C)C)C[C@@H]1C. The molecule has 3 unspecified atom stereocenters. The quantitative estimate of drug-likeness (QED) is 0.670. The van der Waals surface area contributed by atoms with E-state index in [1.54, 1.807) is 6.92 Å². The number of fused-ring (bicyclic) bond motifs is 1. The molecule has 1 heterocycles. The second kappa shape index (κ2) is 9.05. The third-order valence-electron chi connectivity index (χ3n) is 7.44. The minimum Gasteiger partial charge on any atom is -0.447 e. The van der Waals surface area contributed by atoms with Crippen molar-refractivity contribution in [1.29, 1.82) is 0 Å². The highest BCUT2D eigenvalue weighted by atomic mass is 32.2. The number of amides is 2. The minimum absolute atomic E-state index is 0.0230. The molecule has 2 amide bonds. The molecule has 0 aromatic heterocycles. The van der Waals surface area contributed by atoms with E-state index in [0.29, 0.717) is 18.4 Å². The van der Waals surface area contributed by atoms with Gasteiger partial charge in [-0.2, -0.15) is 0 Å². The smallest absolute Gasteiger partial charge is 0.410 e. The van der Waals surface area contributed by atoms with Crippen LogP contribution in [0.3, 0.4) is 0 Å². The van der Waals surface area contributed by atoms with Crippen molar-refractivity contribution in [1.82, 2.24) is 9.80 Å². The van der Waals surface area contributed by atoms with E-state index < -0.39 is 9.84 Å². The van der Waals surface area contributed by atoms with Crippen LogP contribution in [0.5, 0.6) is 0 Å². The van der Waals surface area contributed by atoms with Crippen LogP contribution in [0, 0.1) is 11.8 Å². The molecule has 7 nitrogen and oxygen atoms in total. The third kappa shape index (κ3) is 4.94. The topological polar surface area (TPSA) is 84.0 Å². The third-order valence-corrected chi connectivity index (χ3v) is 9.12. The summed E-state index contributed by atoms with van der Waals surface area (Å²) in [5.41, 5.74) is 0. The monoisotopic (exact) mass is 442 g/mol. The van der Waals surface area contributed by atoms with Gasteiger partial charge >= 0.3 is 6.09 Å². The van der Waals surface area contributed by atoms with Gasteiger partial charge in [-0.3, -0.25) is 4.79 Å². The molecule has 0 aromatic rings. The molecule has 3 fully saturated rings. The Morgan fingerprint density at radius 3 is 2.10 bits per heavy atom. The highest BCUT2D eigenvalue weighted by Crippen LogP contribution is 2.43. The molecule has 1 saturated heterocycles. The Morgan fingerprint density at radius 1 is 0.967 bits per heavy atom. The molecule has 2 saturated carbocycles. The summed E-state index contributed by atoms with van der Waals surface area (Å²) in [4.78, 5) is 29.1. The van der Waals surface area contributed by atoms with Crippen molar-refractivity contribution in [2.45, 2.75) is 102 Å². The standard InChI is InChI=1S/C22H38N2O5S/c1-14(2)29-22(26)23-13-15(3)24(16(4)25)20-11-8-18(12-21(20)23)17-6-9-19(10-7-17)30(5,27)28/h14-15,17-21H,6-13H2,1-5H3/t15-,17?,18?,19?,20?,21?/m0/s1. The van der Waals surface area contributed by atoms with Gasteiger partial charge in [-0.15, -0.1) is 0 Å². The molecule has 172 valence electrons. The first-order chi connectivity index (χ1) is 14.0. The molecule has 0 aromatic carbocycles. The lowest BCUT2D eigenvalue weighted by atomic mass is 9.69. The number of nitrogens with zero attached hydrogens (tertiary/aromatic N) is 2. The summed E-state index contributed by atoms with van der Waals surface area (Å²) in [5.74, 6) is 1.03. The van der Waals surface area contributed by atoms with E-state index >= 15 is 0 Å². The zero-order valence-electron chi connectivity index (χ0n) is 19.0. The van der Waals surface area contributed by atoms with Gasteiger partial charge in [-0.25, -0.2) is 13.2 Å². The van der Waals surface area contributed by atoms with Gasteiger partial charge in [0, 0.05) is 25.8 Å². The molecule has 0 radical (unpaired) electrons. The number of sulfone groups is 1. The predicted octanol–water partition coefficient (Wildman–Crippen LogP) is 3.22. The summed E-state index contributed by atoms with van der Waals surface area (Å²) < 4.78 is 29.3. The number of piperazine rings is 1. The maximum absolute atomic E-state index is 12.9. The van der Waals surface area contributed by atoms with Gasteiger partial charge in [0.05, 0.1) is 23.4 Å². The van der Waals surface area contributed by atoms with Crippen LogP contribution in [0.4, 0.5) is 4.79 Å². The Balaban J connectivity index is 1.74. The minimum atomic E-state index is -2.97. The maximum Gasteiger partial charge on any atom is 0.410 e. The summed E-state index contributed by atoms with van der Waals surface area (Å²) in [6, 6.07) is -0.0116. The van der Waals surface area contributed by atoms with Crippen molar-refractivity contribution in [2.24, 2.45) is 11.8 Å². The number of hydrogen-bond acceptors (Lipinski definition) is 5. The largest absolute Gasteiger partial charge is 0.447 e. The number of ether oxygens (including phenoxy) is 1. The predicted molar refractivity (Wildman–Crippen MR) is 116 cm³/mol. The van der Waals surface area contributed by atoms with Crippen molar-refractivity contribution in [2.75, 3.05) is 12.8 Å². The van der Waals surface area contributed by atoms with E-state index in [9.17, 15) is 18.0 Å². The Bertz CT molecular complexity index is 745. The van der Waals surface area contributed by atoms with Crippen LogP contribution in [0.15, 0.2) is 0 Å². The van der Waals surface area contributed by atoms with Crippen LogP contribution in [-0.2, 0) is 19.4 Å². The summed E-state index contributed by atoms with van der Waals surface area (Å²) >= 11 is 0. The molecule has 1 aliphatic heterocycles. The molecule has 3 aliphatic rings. The molecule has 3 rings (SSSR count). The zero-order valence-corrected chi connectivity index (χ0v) is 19.9. The fourth-order valence-electron chi connectivity index (χ4n) is 6.10. The lowest BCUT2D eigenvalue weighted by Crippen LogP contribution is -2.67. The van der Waals surface area contributed by atoms with Crippen LogP contribution >= 0.6 is 0 Å².